The van der Waals surface area contributed by atoms with Crippen LogP contribution in [0.4, 0.5) is 0 Å². The fourth-order valence-corrected chi connectivity index (χ4v) is 2.78. The highest BCUT2D eigenvalue weighted by atomic mass is 32.1. The number of rotatable bonds is 1. The molecule has 20 heavy (non-hydrogen) atoms. The molecule has 0 fully saturated rings. The lowest BCUT2D eigenvalue weighted by molar-refractivity contribution is 1.04. The van der Waals surface area contributed by atoms with Crippen molar-refractivity contribution in [1.29, 1.82) is 0 Å². The summed E-state index contributed by atoms with van der Waals surface area (Å²) in [7, 11) is 0. The summed E-state index contributed by atoms with van der Waals surface area (Å²) in [6, 6.07) is 19.0. The van der Waals surface area contributed by atoms with Crippen molar-refractivity contribution in [3.63, 3.8) is 0 Å². The van der Waals surface area contributed by atoms with Gasteiger partial charge in [0.2, 0.25) is 0 Å². The number of hydrogen-bond donors (Lipinski definition) is 1. The smallest absolute Gasteiger partial charge is 0.199 e. The second kappa shape index (κ2) is 4.28. The van der Waals surface area contributed by atoms with Crippen molar-refractivity contribution in [2.24, 2.45) is 0 Å². The van der Waals surface area contributed by atoms with Gasteiger partial charge in [-0.2, -0.15) is 5.10 Å². The normalized spacial score (nSPS) is 11.2. The minimum absolute atomic E-state index is 0.602. The summed E-state index contributed by atoms with van der Waals surface area (Å²) in [6.07, 6.45) is 1.71. The molecule has 4 rings (SSSR count). The highest BCUT2D eigenvalue weighted by Crippen LogP contribution is 2.27. The molecule has 1 aromatic heterocycles. The van der Waals surface area contributed by atoms with Crippen molar-refractivity contribution < 1.29 is 0 Å². The van der Waals surface area contributed by atoms with Crippen molar-refractivity contribution in [3.05, 3.63) is 65.7 Å². The fourth-order valence-electron chi connectivity index (χ4n) is 2.58. The van der Waals surface area contributed by atoms with Crippen LogP contribution in [-0.4, -0.2) is 14.8 Å². The minimum Gasteiger partial charge on any atom is -0.274 e. The van der Waals surface area contributed by atoms with Crippen molar-refractivity contribution in [3.8, 4) is 5.69 Å². The Bertz CT molecular complexity index is 982. The summed E-state index contributed by atoms with van der Waals surface area (Å²) in [5.41, 5.74) is 1.05. The molecule has 0 radical (unpaired) electrons. The first-order valence-corrected chi connectivity index (χ1v) is 6.78. The van der Waals surface area contributed by atoms with Gasteiger partial charge in [-0.3, -0.25) is 9.67 Å². The van der Waals surface area contributed by atoms with Crippen LogP contribution in [0.3, 0.4) is 0 Å². The number of fused-ring (bicyclic) bond motifs is 2. The maximum absolute atomic E-state index is 5.27. The number of H-pyrrole nitrogens is 1. The Hall–Kier alpha value is -2.46. The summed E-state index contributed by atoms with van der Waals surface area (Å²) in [4.78, 5) is 0. The maximum Gasteiger partial charge on any atom is 0.199 e. The van der Waals surface area contributed by atoms with Crippen LogP contribution in [0.1, 0.15) is 0 Å². The van der Waals surface area contributed by atoms with Gasteiger partial charge in [0.15, 0.2) is 4.77 Å². The van der Waals surface area contributed by atoms with Gasteiger partial charge < -0.3 is 0 Å². The molecule has 3 nitrogen and oxygen atoms in total. The topological polar surface area (TPSA) is 33.6 Å². The van der Waals surface area contributed by atoms with E-state index in [4.69, 9.17) is 12.2 Å². The maximum atomic E-state index is 5.27. The van der Waals surface area contributed by atoms with E-state index in [-0.39, 0.29) is 0 Å². The van der Waals surface area contributed by atoms with Crippen LogP contribution >= 0.6 is 12.2 Å². The van der Waals surface area contributed by atoms with Gasteiger partial charge in [0.25, 0.3) is 0 Å². The average molecular weight is 277 g/mol. The van der Waals surface area contributed by atoms with Crippen LogP contribution in [0.25, 0.3) is 27.2 Å². The van der Waals surface area contributed by atoms with E-state index < -0.39 is 0 Å². The summed E-state index contributed by atoms with van der Waals surface area (Å²) >= 11 is 5.27. The molecule has 1 heterocycles. The third-order valence-electron chi connectivity index (χ3n) is 3.54. The predicted octanol–water partition coefficient (Wildman–Crippen LogP) is 4.24. The quantitative estimate of drug-likeness (QED) is 0.417. The summed E-state index contributed by atoms with van der Waals surface area (Å²) < 4.78 is 2.50. The molecule has 0 saturated carbocycles. The molecular formula is C16H11N3S. The van der Waals surface area contributed by atoms with Gasteiger partial charge in [0.05, 0.1) is 5.69 Å². The molecular weight excluding hydrogens is 266 g/mol. The zero-order valence-electron chi connectivity index (χ0n) is 10.6. The Balaban J connectivity index is 2.14. The van der Waals surface area contributed by atoms with E-state index in [1.54, 1.807) is 6.33 Å². The fraction of sp³-hybridized carbons (Fsp3) is 0. The molecule has 0 aliphatic carbocycles. The van der Waals surface area contributed by atoms with Gasteiger partial charge in [-0.25, -0.2) is 0 Å². The zero-order valence-corrected chi connectivity index (χ0v) is 11.4. The van der Waals surface area contributed by atoms with Crippen LogP contribution in [0, 0.1) is 4.77 Å². The second-order valence-corrected chi connectivity index (χ2v) is 5.12. The first-order chi connectivity index (χ1) is 9.83. The van der Waals surface area contributed by atoms with Crippen molar-refractivity contribution in [2.45, 2.75) is 0 Å². The molecule has 0 amide bonds. The van der Waals surface area contributed by atoms with Crippen LogP contribution in [-0.2, 0) is 0 Å². The van der Waals surface area contributed by atoms with Crippen LogP contribution in [0.15, 0.2) is 60.9 Å². The number of nitrogens with zero attached hydrogens (tertiary/aromatic N) is 2. The van der Waals surface area contributed by atoms with Gasteiger partial charge in [0.1, 0.15) is 6.33 Å². The second-order valence-electron chi connectivity index (χ2n) is 4.73. The van der Waals surface area contributed by atoms with Gasteiger partial charge in [-0.1, -0.05) is 36.4 Å². The molecule has 0 aliphatic heterocycles. The van der Waals surface area contributed by atoms with E-state index >= 15 is 0 Å². The first-order valence-electron chi connectivity index (χ1n) is 6.37. The van der Waals surface area contributed by atoms with Gasteiger partial charge >= 0.3 is 0 Å². The Morgan fingerprint density at radius 3 is 2.40 bits per heavy atom. The van der Waals surface area contributed by atoms with E-state index in [1.807, 2.05) is 10.6 Å². The lowest BCUT2D eigenvalue weighted by atomic mass is 10.0. The average Bonchev–Trinajstić information content (AvgIpc) is 2.90. The minimum atomic E-state index is 0.602. The Morgan fingerprint density at radius 2 is 1.65 bits per heavy atom. The Morgan fingerprint density at radius 1 is 0.900 bits per heavy atom. The predicted molar refractivity (Wildman–Crippen MR) is 83.8 cm³/mol. The molecule has 1 N–H and O–H groups in total. The first kappa shape index (κ1) is 11.4. The molecule has 3 aromatic carbocycles. The zero-order chi connectivity index (χ0) is 13.5. The van der Waals surface area contributed by atoms with Crippen molar-refractivity contribution in [1.82, 2.24) is 14.8 Å². The molecule has 4 heteroatoms. The molecule has 0 spiro atoms. The van der Waals surface area contributed by atoms with E-state index in [0.717, 1.165) is 5.69 Å². The van der Waals surface area contributed by atoms with E-state index in [0.29, 0.717) is 4.77 Å². The van der Waals surface area contributed by atoms with Gasteiger partial charge in [0, 0.05) is 5.39 Å². The molecule has 4 aromatic rings. The lowest BCUT2D eigenvalue weighted by Gasteiger charge is -2.08. The largest absolute Gasteiger partial charge is 0.274 e. The molecule has 0 bridgehead atoms. The molecule has 0 unspecified atom stereocenters. The highest BCUT2D eigenvalue weighted by molar-refractivity contribution is 7.71. The monoisotopic (exact) mass is 277 g/mol. The molecule has 0 atom stereocenters. The Labute approximate surface area is 120 Å². The number of nitrogens with one attached hydrogen (secondary N) is 1. The van der Waals surface area contributed by atoms with E-state index in [9.17, 15) is 0 Å². The van der Waals surface area contributed by atoms with Crippen LogP contribution in [0.5, 0.6) is 0 Å². The summed E-state index contributed by atoms with van der Waals surface area (Å²) in [5, 5.41) is 11.6. The van der Waals surface area contributed by atoms with Crippen molar-refractivity contribution >= 4 is 33.8 Å². The highest BCUT2D eigenvalue weighted by Gasteiger charge is 2.05. The third-order valence-corrected chi connectivity index (χ3v) is 3.82. The molecule has 96 valence electrons. The summed E-state index contributed by atoms with van der Waals surface area (Å²) in [5.74, 6) is 0. The van der Waals surface area contributed by atoms with Gasteiger partial charge in [-0.05, 0) is 46.6 Å². The van der Waals surface area contributed by atoms with E-state index in [1.165, 1.54) is 21.5 Å². The Kier molecular flexibility index (Phi) is 2.44. The number of benzene rings is 3. The lowest BCUT2D eigenvalue weighted by Crippen LogP contribution is -1.93. The number of hydrogen-bond acceptors (Lipinski definition) is 2. The number of aromatic nitrogens is 3. The number of aromatic amines is 1. The third kappa shape index (κ3) is 1.66. The van der Waals surface area contributed by atoms with Gasteiger partial charge in [-0.15, -0.1) is 0 Å². The van der Waals surface area contributed by atoms with Crippen LogP contribution in [0.2, 0.25) is 0 Å². The molecule has 0 saturated heterocycles. The summed E-state index contributed by atoms with van der Waals surface area (Å²) in [6.45, 7) is 0. The van der Waals surface area contributed by atoms with Crippen LogP contribution < -0.4 is 0 Å². The van der Waals surface area contributed by atoms with Crippen molar-refractivity contribution in [2.75, 3.05) is 0 Å². The standard InChI is InChI=1S/C16H11N3S/c20-16-18-17-10-19(16)15-7-3-6-13-8-11-4-1-2-5-12(11)9-14(13)15/h1-10H,(H,18,20). The molecule has 0 aliphatic rings. The SMILES string of the molecule is S=c1[nH]ncn1-c1cccc2cc3ccccc3cc12. The van der Waals surface area contributed by atoms with E-state index in [2.05, 4.69) is 58.7 Å².